The second kappa shape index (κ2) is 7.84. The molecule has 152 valence electrons. The third-order valence-corrected chi connectivity index (χ3v) is 7.45. The fourth-order valence-corrected chi connectivity index (χ4v) is 5.93. The van der Waals surface area contributed by atoms with E-state index in [-0.39, 0.29) is 10.6 Å². The number of benzene rings is 1. The van der Waals surface area contributed by atoms with Gasteiger partial charge in [0.05, 0.1) is 10.6 Å². The number of hydrogen-bond acceptors (Lipinski definition) is 3. The smallest absolute Gasteiger partial charge is 0.269 e. The van der Waals surface area contributed by atoms with Crippen molar-refractivity contribution in [2.45, 2.75) is 71.8 Å². The monoisotopic (exact) mass is 383 g/mol. The van der Waals surface area contributed by atoms with Gasteiger partial charge in [0.25, 0.3) is 5.69 Å². The van der Waals surface area contributed by atoms with E-state index >= 15 is 0 Å². The Morgan fingerprint density at radius 2 is 1.82 bits per heavy atom. The molecule has 5 heteroatoms. The maximum absolute atomic E-state index is 11.1. The summed E-state index contributed by atoms with van der Waals surface area (Å²) in [6.07, 6.45) is 9.03. The molecule has 0 aromatic heterocycles. The Hall–Kier alpha value is -1.91. The molecule has 0 N–H and O–H groups in total. The molecule has 4 aliphatic rings. The standard InChI is InChI=1S/C23H33N3O2/c1-4-16(5-2)14-25-21-12-17-9-18(13-21)11-19(10-17)23(25)24-22-7-6-20(26(27)28)8-15(22)3/h6-8,16-19,21H,4-5,9-14H2,1-3H3. The van der Waals surface area contributed by atoms with E-state index in [2.05, 4.69) is 18.7 Å². The van der Waals surface area contributed by atoms with Crippen LogP contribution in [0.4, 0.5) is 11.4 Å². The summed E-state index contributed by atoms with van der Waals surface area (Å²) in [5, 5.41) is 11.1. The van der Waals surface area contributed by atoms with E-state index in [1.54, 1.807) is 12.1 Å². The highest BCUT2D eigenvalue weighted by molar-refractivity contribution is 5.88. The summed E-state index contributed by atoms with van der Waals surface area (Å²) in [4.78, 5) is 18.6. The first-order chi connectivity index (χ1) is 13.5. The molecule has 1 aromatic carbocycles. The quantitative estimate of drug-likeness (QED) is 0.455. The summed E-state index contributed by atoms with van der Waals surface area (Å²) in [5.74, 6) is 4.26. The highest BCUT2D eigenvalue weighted by Crippen LogP contribution is 2.49. The zero-order chi connectivity index (χ0) is 19.8. The molecule has 4 fully saturated rings. The second-order valence-electron chi connectivity index (χ2n) is 9.29. The molecule has 5 nitrogen and oxygen atoms in total. The molecular weight excluding hydrogens is 350 g/mol. The second-order valence-corrected chi connectivity index (χ2v) is 9.29. The van der Waals surface area contributed by atoms with Crippen molar-refractivity contribution in [3.05, 3.63) is 33.9 Å². The van der Waals surface area contributed by atoms with Gasteiger partial charge in [-0.05, 0) is 68.4 Å². The van der Waals surface area contributed by atoms with Crippen molar-refractivity contribution in [1.29, 1.82) is 0 Å². The lowest BCUT2D eigenvalue weighted by atomic mass is 9.68. The molecule has 2 aliphatic carbocycles. The summed E-state index contributed by atoms with van der Waals surface area (Å²) < 4.78 is 0. The Balaban J connectivity index is 1.72. The zero-order valence-electron chi connectivity index (χ0n) is 17.4. The minimum atomic E-state index is -0.324. The maximum Gasteiger partial charge on any atom is 0.269 e. The fraction of sp³-hybridized carbons (Fsp3) is 0.696. The van der Waals surface area contributed by atoms with Gasteiger partial charge in [0, 0.05) is 30.6 Å². The molecule has 0 spiro atoms. The number of non-ortho nitro benzene ring substituents is 1. The summed E-state index contributed by atoms with van der Waals surface area (Å²) >= 11 is 0. The van der Waals surface area contributed by atoms with E-state index in [0.29, 0.717) is 17.9 Å². The van der Waals surface area contributed by atoms with Gasteiger partial charge in [0.15, 0.2) is 0 Å². The van der Waals surface area contributed by atoms with Crippen molar-refractivity contribution in [2.75, 3.05) is 6.54 Å². The number of nitrogens with zero attached hydrogens (tertiary/aromatic N) is 3. The Morgan fingerprint density at radius 3 is 2.39 bits per heavy atom. The number of amidine groups is 1. The van der Waals surface area contributed by atoms with Gasteiger partial charge >= 0.3 is 0 Å². The van der Waals surface area contributed by atoms with Crippen LogP contribution in [0.2, 0.25) is 0 Å². The third-order valence-electron chi connectivity index (χ3n) is 7.45. The van der Waals surface area contributed by atoms with Crippen LogP contribution in [-0.4, -0.2) is 28.2 Å². The predicted molar refractivity (Wildman–Crippen MR) is 113 cm³/mol. The number of fused-ring (bicyclic) bond motifs is 1. The van der Waals surface area contributed by atoms with Crippen molar-refractivity contribution in [1.82, 2.24) is 4.90 Å². The van der Waals surface area contributed by atoms with Crippen molar-refractivity contribution >= 4 is 17.2 Å². The van der Waals surface area contributed by atoms with E-state index < -0.39 is 0 Å². The lowest BCUT2D eigenvalue weighted by Crippen LogP contribution is -2.43. The van der Waals surface area contributed by atoms with Crippen molar-refractivity contribution < 1.29 is 4.92 Å². The number of rotatable bonds is 6. The molecule has 1 aromatic rings. The van der Waals surface area contributed by atoms with Gasteiger partial charge in [-0.15, -0.1) is 0 Å². The average molecular weight is 384 g/mol. The summed E-state index contributed by atoms with van der Waals surface area (Å²) in [6.45, 7) is 7.65. The van der Waals surface area contributed by atoms with E-state index in [9.17, 15) is 10.1 Å². The van der Waals surface area contributed by atoms with Gasteiger partial charge in [-0.1, -0.05) is 26.7 Å². The summed E-state index contributed by atoms with van der Waals surface area (Å²) in [5.41, 5.74) is 1.95. The highest BCUT2D eigenvalue weighted by atomic mass is 16.6. The Kier molecular flexibility index (Phi) is 5.44. The molecule has 2 saturated heterocycles. The average Bonchev–Trinajstić information content (AvgIpc) is 2.82. The number of nitro benzene ring substituents is 1. The molecule has 5 rings (SSSR count). The van der Waals surface area contributed by atoms with Crippen LogP contribution in [0.1, 0.15) is 64.4 Å². The molecule has 2 saturated carbocycles. The fourth-order valence-electron chi connectivity index (χ4n) is 5.93. The third kappa shape index (κ3) is 3.68. The minimum absolute atomic E-state index is 0.149. The predicted octanol–water partition coefficient (Wildman–Crippen LogP) is 5.88. The van der Waals surface area contributed by atoms with Crippen LogP contribution in [0.15, 0.2) is 23.2 Å². The van der Waals surface area contributed by atoms with Crippen LogP contribution in [0.5, 0.6) is 0 Å². The number of hydrogen-bond donors (Lipinski definition) is 0. The van der Waals surface area contributed by atoms with Crippen LogP contribution in [-0.2, 0) is 0 Å². The van der Waals surface area contributed by atoms with Gasteiger partial charge < -0.3 is 4.90 Å². The molecular formula is C23H33N3O2. The molecule has 28 heavy (non-hydrogen) atoms. The lowest BCUT2D eigenvalue weighted by Gasteiger charge is -2.39. The van der Waals surface area contributed by atoms with Crippen LogP contribution >= 0.6 is 0 Å². The first-order valence-corrected chi connectivity index (χ1v) is 11.1. The van der Waals surface area contributed by atoms with Gasteiger partial charge in [-0.3, -0.25) is 10.1 Å². The molecule has 0 amide bonds. The summed E-state index contributed by atoms with van der Waals surface area (Å²) in [6, 6.07) is 5.72. The Bertz CT molecular complexity index is 757. The van der Waals surface area contributed by atoms with E-state index in [1.165, 1.54) is 50.8 Å². The van der Waals surface area contributed by atoms with E-state index in [4.69, 9.17) is 4.99 Å². The van der Waals surface area contributed by atoms with Crippen molar-refractivity contribution in [2.24, 2.45) is 28.7 Å². The number of aryl methyl sites for hydroxylation is 1. The van der Waals surface area contributed by atoms with Crippen LogP contribution in [0.3, 0.4) is 0 Å². The topological polar surface area (TPSA) is 58.7 Å². The molecule has 2 aliphatic heterocycles. The molecule has 0 radical (unpaired) electrons. The first-order valence-electron chi connectivity index (χ1n) is 11.1. The van der Waals surface area contributed by atoms with Crippen molar-refractivity contribution in [3.8, 4) is 0 Å². The van der Waals surface area contributed by atoms with E-state index in [1.807, 2.05) is 13.0 Å². The van der Waals surface area contributed by atoms with Gasteiger partial charge in [0.2, 0.25) is 0 Å². The van der Waals surface area contributed by atoms with Crippen LogP contribution < -0.4 is 0 Å². The normalized spacial score (nSPS) is 30.3. The Labute approximate surface area is 168 Å². The first kappa shape index (κ1) is 19.4. The lowest BCUT2D eigenvalue weighted by molar-refractivity contribution is -0.384. The largest absolute Gasteiger partial charge is 0.357 e. The SMILES string of the molecule is CCC(CC)CN1C(=Nc2ccc([N+](=O)[O-])cc2C)C2CC3CC(C2)CC1C3. The van der Waals surface area contributed by atoms with Crippen molar-refractivity contribution in [3.63, 3.8) is 0 Å². The molecule has 4 bridgehead atoms. The van der Waals surface area contributed by atoms with E-state index in [0.717, 1.165) is 29.6 Å². The molecule has 2 unspecified atom stereocenters. The minimum Gasteiger partial charge on any atom is -0.357 e. The molecule has 2 atom stereocenters. The van der Waals surface area contributed by atoms with Crippen LogP contribution in [0.25, 0.3) is 0 Å². The molecule has 2 heterocycles. The maximum atomic E-state index is 11.1. The number of nitro groups is 1. The van der Waals surface area contributed by atoms with Crippen LogP contribution in [0, 0.1) is 40.7 Å². The van der Waals surface area contributed by atoms with Gasteiger partial charge in [-0.2, -0.15) is 0 Å². The zero-order valence-corrected chi connectivity index (χ0v) is 17.4. The summed E-state index contributed by atoms with van der Waals surface area (Å²) in [7, 11) is 0. The highest BCUT2D eigenvalue weighted by Gasteiger charge is 2.45. The number of aliphatic imine (C=N–C) groups is 1. The Morgan fingerprint density at radius 1 is 1.14 bits per heavy atom. The van der Waals surface area contributed by atoms with Gasteiger partial charge in [-0.25, -0.2) is 4.99 Å². The van der Waals surface area contributed by atoms with Gasteiger partial charge in [0.1, 0.15) is 5.84 Å².